The zero-order valence-corrected chi connectivity index (χ0v) is 15.0. The average molecular weight is 350 g/mol. The number of aromatic nitrogens is 2. The summed E-state index contributed by atoms with van der Waals surface area (Å²) in [5.41, 5.74) is 3.30. The zero-order chi connectivity index (χ0) is 17.5. The predicted octanol–water partition coefficient (Wildman–Crippen LogP) is 3.39. The molecule has 4 aliphatic carbocycles. The molecule has 0 spiro atoms. The van der Waals surface area contributed by atoms with Gasteiger partial charge in [-0.05, 0) is 67.8 Å². The quantitative estimate of drug-likeness (QED) is 0.892. The molecule has 4 heteroatoms. The van der Waals surface area contributed by atoms with E-state index in [1.165, 1.54) is 24.0 Å². The summed E-state index contributed by atoms with van der Waals surface area (Å²) in [4.78, 5) is 4.34. The number of benzene rings is 1. The van der Waals surface area contributed by atoms with Crippen LogP contribution >= 0.6 is 0 Å². The summed E-state index contributed by atoms with van der Waals surface area (Å²) in [7, 11) is 0. The van der Waals surface area contributed by atoms with Crippen LogP contribution in [0.5, 0.6) is 0 Å². The van der Waals surface area contributed by atoms with Crippen molar-refractivity contribution in [3.05, 3.63) is 42.4 Å². The number of aliphatic hydroxyl groups excluding tert-OH is 1. The van der Waals surface area contributed by atoms with Gasteiger partial charge in [-0.25, -0.2) is 4.98 Å². The molecular formula is C22H26N2O2. The number of rotatable bonds is 3. The average Bonchev–Trinajstić information content (AvgIpc) is 3.16. The van der Waals surface area contributed by atoms with Crippen LogP contribution in [0.25, 0.3) is 11.3 Å². The van der Waals surface area contributed by atoms with Crippen molar-refractivity contribution in [2.75, 3.05) is 0 Å². The zero-order valence-electron chi connectivity index (χ0n) is 15.0. The minimum absolute atomic E-state index is 0.180. The Morgan fingerprint density at radius 1 is 1.15 bits per heavy atom. The third-order valence-electron chi connectivity index (χ3n) is 7.82. The van der Waals surface area contributed by atoms with Crippen molar-refractivity contribution in [1.82, 2.24) is 9.55 Å². The van der Waals surface area contributed by atoms with Gasteiger partial charge in [0.15, 0.2) is 0 Å². The van der Waals surface area contributed by atoms with Gasteiger partial charge in [0.05, 0.1) is 36.0 Å². The molecule has 136 valence electrons. The second kappa shape index (κ2) is 5.20. The Labute approximate surface area is 153 Å². The smallest absolute Gasteiger partial charge is 0.0956 e. The summed E-state index contributed by atoms with van der Waals surface area (Å²) in [5, 5.41) is 22.1. The van der Waals surface area contributed by atoms with E-state index in [0.717, 1.165) is 31.4 Å². The van der Waals surface area contributed by atoms with Gasteiger partial charge in [-0.15, -0.1) is 0 Å². The van der Waals surface area contributed by atoms with E-state index in [4.69, 9.17) is 0 Å². The maximum atomic E-state index is 11.3. The van der Waals surface area contributed by atoms with Crippen LogP contribution in [-0.4, -0.2) is 31.5 Å². The van der Waals surface area contributed by atoms with Gasteiger partial charge in [0, 0.05) is 5.56 Å². The molecular weight excluding hydrogens is 324 g/mol. The molecule has 0 saturated heterocycles. The van der Waals surface area contributed by atoms with Crippen molar-refractivity contribution in [1.29, 1.82) is 0 Å². The topological polar surface area (TPSA) is 58.3 Å². The summed E-state index contributed by atoms with van der Waals surface area (Å²) in [6.07, 6.45) is 9.50. The highest BCUT2D eigenvalue weighted by Crippen LogP contribution is 2.59. The Hall–Kier alpha value is -1.65. The molecule has 5 aliphatic rings. The lowest BCUT2D eigenvalue weighted by Gasteiger charge is -2.59. The van der Waals surface area contributed by atoms with E-state index < -0.39 is 5.60 Å². The number of imidazole rings is 1. The molecule has 4 atom stereocenters. The second-order valence-electron chi connectivity index (χ2n) is 9.36. The fraction of sp³-hybridized carbons (Fsp3) is 0.591. The van der Waals surface area contributed by atoms with Gasteiger partial charge in [-0.2, -0.15) is 0 Å². The molecule has 26 heavy (non-hydrogen) atoms. The van der Waals surface area contributed by atoms with Crippen LogP contribution in [0, 0.1) is 23.7 Å². The van der Waals surface area contributed by atoms with Gasteiger partial charge in [0.1, 0.15) is 0 Å². The van der Waals surface area contributed by atoms with Gasteiger partial charge < -0.3 is 14.8 Å². The van der Waals surface area contributed by atoms with Crippen molar-refractivity contribution in [2.45, 2.75) is 56.3 Å². The van der Waals surface area contributed by atoms with Crippen LogP contribution < -0.4 is 0 Å². The van der Waals surface area contributed by atoms with E-state index >= 15 is 0 Å². The molecule has 0 radical (unpaired) electrons. The SMILES string of the molecule is O[C@@H](C[C@H]1c2ccccc2-c2cncn21)C1C2CC3CC1CC(O)(C3)C2. The molecule has 2 heterocycles. The van der Waals surface area contributed by atoms with Crippen molar-refractivity contribution in [3.63, 3.8) is 0 Å². The van der Waals surface area contributed by atoms with Crippen LogP contribution in [-0.2, 0) is 0 Å². The molecule has 4 fully saturated rings. The van der Waals surface area contributed by atoms with Gasteiger partial charge in [-0.1, -0.05) is 24.3 Å². The van der Waals surface area contributed by atoms with Crippen LogP contribution in [0.1, 0.15) is 50.1 Å². The molecule has 4 nitrogen and oxygen atoms in total. The summed E-state index contributed by atoms with van der Waals surface area (Å²) in [6.45, 7) is 0. The number of aliphatic hydroxyl groups is 2. The fourth-order valence-electron chi connectivity index (χ4n) is 7.21. The monoisotopic (exact) mass is 350 g/mol. The molecule has 4 bridgehead atoms. The maximum absolute atomic E-state index is 11.3. The molecule has 7 rings (SSSR count). The van der Waals surface area contributed by atoms with Crippen LogP contribution in [0.15, 0.2) is 36.8 Å². The van der Waals surface area contributed by atoms with Gasteiger partial charge in [0.25, 0.3) is 0 Å². The highest BCUT2D eigenvalue weighted by molar-refractivity contribution is 5.68. The third-order valence-corrected chi connectivity index (χ3v) is 7.82. The Morgan fingerprint density at radius 3 is 2.69 bits per heavy atom. The Balaban J connectivity index is 1.30. The van der Waals surface area contributed by atoms with E-state index in [1.54, 1.807) is 0 Å². The first kappa shape index (κ1) is 15.4. The summed E-state index contributed by atoms with van der Waals surface area (Å²) >= 11 is 0. The number of fused-ring (bicyclic) bond motifs is 3. The Bertz CT molecular complexity index is 843. The predicted molar refractivity (Wildman–Crippen MR) is 98.4 cm³/mol. The van der Waals surface area contributed by atoms with Crippen LogP contribution in [0.2, 0.25) is 0 Å². The minimum atomic E-state index is -0.426. The Morgan fingerprint density at radius 2 is 1.92 bits per heavy atom. The molecule has 2 unspecified atom stereocenters. The van der Waals surface area contributed by atoms with Crippen molar-refractivity contribution >= 4 is 0 Å². The van der Waals surface area contributed by atoms with Crippen molar-refractivity contribution < 1.29 is 10.2 Å². The van der Waals surface area contributed by atoms with Crippen molar-refractivity contribution in [2.24, 2.45) is 23.7 Å². The fourth-order valence-corrected chi connectivity index (χ4v) is 7.21. The molecule has 1 aliphatic heterocycles. The van der Waals surface area contributed by atoms with E-state index in [0.29, 0.717) is 23.7 Å². The first-order valence-electron chi connectivity index (χ1n) is 10.1. The first-order valence-corrected chi connectivity index (χ1v) is 10.1. The lowest BCUT2D eigenvalue weighted by Crippen LogP contribution is -2.57. The number of hydrogen-bond acceptors (Lipinski definition) is 3. The second-order valence-corrected chi connectivity index (χ2v) is 9.36. The molecule has 2 N–H and O–H groups in total. The summed E-state index contributed by atoms with van der Waals surface area (Å²) in [6, 6.07) is 8.70. The molecule has 0 amide bonds. The number of nitrogens with zero attached hydrogens (tertiary/aromatic N) is 2. The normalized spacial score (nSPS) is 40.5. The van der Waals surface area contributed by atoms with Gasteiger partial charge >= 0.3 is 0 Å². The van der Waals surface area contributed by atoms with Crippen molar-refractivity contribution in [3.8, 4) is 11.3 Å². The summed E-state index contributed by atoms with van der Waals surface area (Å²) in [5.74, 6) is 2.04. The largest absolute Gasteiger partial charge is 0.393 e. The lowest BCUT2D eigenvalue weighted by molar-refractivity contribution is -0.174. The molecule has 1 aromatic heterocycles. The first-order chi connectivity index (χ1) is 12.6. The van der Waals surface area contributed by atoms with Crippen LogP contribution in [0.3, 0.4) is 0 Å². The molecule has 4 saturated carbocycles. The Kier molecular flexibility index (Phi) is 3.08. The number of hydrogen-bond donors (Lipinski definition) is 2. The van der Waals surface area contributed by atoms with Crippen LogP contribution in [0.4, 0.5) is 0 Å². The maximum Gasteiger partial charge on any atom is 0.0956 e. The molecule has 1 aromatic carbocycles. The van der Waals surface area contributed by atoms with E-state index in [2.05, 4.69) is 33.8 Å². The lowest BCUT2D eigenvalue weighted by atomic mass is 9.49. The minimum Gasteiger partial charge on any atom is -0.393 e. The summed E-state index contributed by atoms with van der Waals surface area (Å²) < 4.78 is 2.23. The standard InChI is InChI=1S/C22H26N2O2/c25-20(21-14-5-13-6-15(21)10-22(26,8-13)9-14)7-18-16-3-1-2-4-17(16)19-11-23-12-24(18)19/h1-4,11-15,18,20-21,25-26H,5-10H2/t13?,14?,15?,18-,20-,21?,22?/m0/s1. The van der Waals surface area contributed by atoms with Gasteiger partial charge in [-0.3, -0.25) is 0 Å². The highest BCUT2D eigenvalue weighted by Gasteiger charge is 2.56. The van der Waals surface area contributed by atoms with Gasteiger partial charge in [0.2, 0.25) is 0 Å². The van der Waals surface area contributed by atoms with E-state index in [9.17, 15) is 10.2 Å². The van der Waals surface area contributed by atoms with E-state index in [-0.39, 0.29) is 12.1 Å². The van der Waals surface area contributed by atoms with E-state index in [1.807, 2.05) is 12.5 Å². The third kappa shape index (κ3) is 2.06. The highest BCUT2D eigenvalue weighted by atomic mass is 16.3. The molecule has 2 aromatic rings.